The van der Waals surface area contributed by atoms with Crippen molar-refractivity contribution in [3.63, 3.8) is 0 Å². The van der Waals surface area contributed by atoms with E-state index >= 15 is 0 Å². The van der Waals surface area contributed by atoms with Gasteiger partial charge in [-0.1, -0.05) is 29.0 Å². The van der Waals surface area contributed by atoms with E-state index in [0.29, 0.717) is 21.3 Å². The molecule has 1 aromatic heterocycles. The van der Waals surface area contributed by atoms with Gasteiger partial charge in [-0.3, -0.25) is 4.79 Å². The molecule has 3 aromatic rings. The van der Waals surface area contributed by atoms with Crippen LogP contribution in [0.3, 0.4) is 0 Å². The first-order valence-electron chi connectivity index (χ1n) is 7.27. The van der Waals surface area contributed by atoms with Gasteiger partial charge in [0.1, 0.15) is 22.3 Å². The molecule has 0 aliphatic heterocycles. The SMILES string of the molecule is COc1ccc(-c2nc(-c3ccc(Cl)c(F)c3)c(OC(C)=O)s2)cc1. The molecular weight excluding hydrogens is 365 g/mol. The minimum atomic E-state index is -0.563. The Hall–Kier alpha value is -2.44. The number of methoxy groups -OCH3 is 1. The summed E-state index contributed by atoms with van der Waals surface area (Å²) in [6, 6.07) is 11.7. The molecule has 4 nitrogen and oxygen atoms in total. The first-order valence-corrected chi connectivity index (χ1v) is 8.46. The number of halogens is 2. The van der Waals surface area contributed by atoms with Crippen LogP contribution in [0.5, 0.6) is 10.8 Å². The van der Waals surface area contributed by atoms with Crippen LogP contribution in [0.15, 0.2) is 42.5 Å². The number of nitrogens with zero attached hydrogens (tertiary/aromatic N) is 1. The van der Waals surface area contributed by atoms with Crippen molar-refractivity contribution >= 4 is 28.9 Å². The van der Waals surface area contributed by atoms with Gasteiger partial charge in [-0.2, -0.15) is 0 Å². The highest BCUT2D eigenvalue weighted by atomic mass is 35.5. The Kier molecular flexibility index (Phi) is 5.01. The first kappa shape index (κ1) is 17.4. The zero-order chi connectivity index (χ0) is 18.0. The second kappa shape index (κ2) is 7.21. The van der Waals surface area contributed by atoms with E-state index in [-0.39, 0.29) is 5.02 Å². The zero-order valence-corrected chi connectivity index (χ0v) is 15.0. The highest BCUT2D eigenvalue weighted by molar-refractivity contribution is 7.17. The molecule has 0 fully saturated rings. The Morgan fingerprint density at radius 1 is 1.16 bits per heavy atom. The zero-order valence-electron chi connectivity index (χ0n) is 13.4. The molecule has 0 aliphatic carbocycles. The lowest BCUT2D eigenvalue weighted by Gasteiger charge is -2.02. The first-order chi connectivity index (χ1) is 12.0. The van der Waals surface area contributed by atoms with Gasteiger partial charge in [-0.15, -0.1) is 0 Å². The second-order valence-corrected chi connectivity index (χ2v) is 6.47. The van der Waals surface area contributed by atoms with Gasteiger partial charge in [0.2, 0.25) is 5.06 Å². The third-order valence-electron chi connectivity index (χ3n) is 3.36. The number of carbonyl (C=O) groups excluding carboxylic acids is 1. The monoisotopic (exact) mass is 377 g/mol. The maximum Gasteiger partial charge on any atom is 0.308 e. The Morgan fingerprint density at radius 2 is 1.84 bits per heavy atom. The quantitative estimate of drug-likeness (QED) is 0.586. The lowest BCUT2D eigenvalue weighted by molar-refractivity contribution is -0.131. The van der Waals surface area contributed by atoms with Gasteiger partial charge >= 0.3 is 5.97 Å². The predicted molar refractivity (Wildman–Crippen MR) is 95.8 cm³/mol. The van der Waals surface area contributed by atoms with E-state index in [1.807, 2.05) is 24.3 Å². The van der Waals surface area contributed by atoms with E-state index in [0.717, 1.165) is 11.3 Å². The Morgan fingerprint density at radius 3 is 2.44 bits per heavy atom. The van der Waals surface area contributed by atoms with Crippen LogP contribution in [0.4, 0.5) is 4.39 Å². The summed E-state index contributed by atoms with van der Waals surface area (Å²) in [4.78, 5) is 15.9. The molecule has 25 heavy (non-hydrogen) atoms. The van der Waals surface area contributed by atoms with Crippen molar-refractivity contribution < 1.29 is 18.7 Å². The Bertz CT molecular complexity index is 925. The van der Waals surface area contributed by atoms with Gasteiger partial charge in [-0.25, -0.2) is 9.37 Å². The molecule has 0 radical (unpaired) electrons. The van der Waals surface area contributed by atoms with Crippen LogP contribution in [0.2, 0.25) is 5.02 Å². The normalized spacial score (nSPS) is 10.6. The van der Waals surface area contributed by atoms with E-state index in [9.17, 15) is 9.18 Å². The number of rotatable bonds is 4. The number of hydrogen-bond acceptors (Lipinski definition) is 5. The van der Waals surface area contributed by atoms with Crippen molar-refractivity contribution in [2.75, 3.05) is 7.11 Å². The van der Waals surface area contributed by atoms with Crippen LogP contribution in [0, 0.1) is 5.82 Å². The summed E-state index contributed by atoms with van der Waals surface area (Å²) < 4.78 is 24.2. The van der Waals surface area contributed by atoms with Crippen LogP contribution in [0.1, 0.15) is 6.92 Å². The van der Waals surface area contributed by atoms with Crippen molar-refractivity contribution in [2.24, 2.45) is 0 Å². The molecule has 0 N–H and O–H groups in total. The summed E-state index contributed by atoms with van der Waals surface area (Å²) in [5, 5.41) is 0.965. The number of hydrogen-bond donors (Lipinski definition) is 0. The van der Waals surface area contributed by atoms with E-state index < -0.39 is 11.8 Å². The fraction of sp³-hybridized carbons (Fsp3) is 0.111. The molecule has 128 valence electrons. The molecule has 0 saturated carbocycles. The van der Waals surface area contributed by atoms with E-state index in [2.05, 4.69) is 4.98 Å². The molecule has 0 bridgehead atoms. The molecule has 0 unspecified atom stereocenters. The van der Waals surface area contributed by atoms with Gasteiger partial charge in [-0.05, 0) is 36.4 Å². The van der Waals surface area contributed by atoms with Gasteiger partial charge in [0.15, 0.2) is 0 Å². The largest absolute Gasteiger partial charge is 0.497 e. The maximum atomic E-state index is 13.8. The summed E-state index contributed by atoms with van der Waals surface area (Å²) >= 11 is 6.94. The molecular formula is C18H13ClFNO3S. The molecule has 0 aliphatic rings. The van der Waals surface area contributed by atoms with Crippen LogP contribution in [-0.2, 0) is 4.79 Å². The number of esters is 1. The molecule has 0 spiro atoms. The molecule has 0 atom stereocenters. The standard InChI is InChI=1S/C18H13ClFNO3S/c1-10(22)24-18-16(12-5-8-14(19)15(20)9-12)21-17(25-18)11-3-6-13(23-2)7-4-11/h3-9H,1-2H3. The lowest BCUT2D eigenvalue weighted by atomic mass is 10.1. The smallest absolute Gasteiger partial charge is 0.308 e. The highest BCUT2D eigenvalue weighted by Crippen LogP contribution is 2.40. The van der Waals surface area contributed by atoms with Gasteiger partial charge in [0, 0.05) is 18.1 Å². The maximum absolute atomic E-state index is 13.8. The van der Waals surface area contributed by atoms with Gasteiger partial charge < -0.3 is 9.47 Å². The number of benzene rings is 2. The van der Waals surface area contributed by atoms with Crippen molar-refractivity contribution in [3.8, 4) is 32.6 Å². The minimum absolute atomic E-state index is 0.0170. The fourth-order valence-corrected chi connectivity index (χ4v) is 3.29. The van der Waals surface area contributed by atoms with E-state index in [4.69, 9.17) is 21.1 Å². The van der Waals surface area contributed by atoms with Gasteiger partial charge in [0.25, 0.3) is 0 Å². The average Bonchev–Trinajstić information content (AvgIpc) is 3.00. The molecule has 1 heterocycles. The van der Waals surface area contributed by atoms with Crippen molar-refractivity contribution in [3.05, 3.63) is 53.3 Å². The van der Waals surface area contributed by atoms with Crippen LogP contribution in [0.25, 0.3) is 21.8 Å². The predicted octanol–water partition coefficient (Wildman–Crippen LogP) is 5.20. The van der Waals surface area contributed by atoms with E-state index in [1.54, 1.807) is 13.2 Å². The number of thiazole rings is 1. The van der Waals surface area contributed by atoms with Crippen molar-refractivity contribution in [1.82, 2.24) is 4.98 Å². The van der Waals surface area contributed by atoms with Crippen LogP contribution in [-0.4, -0.2) is 18.1 Å². The third kappa shape index (κ3) is 3.81. The molecule has 0 saturated heterocycles. The molecule has 2 aromatic carbocycles. The van der Waals surface area contributed by atoms with Crippen LogP contribution >= 0.6 is 22.9 Å². The fourth-order valence-electron chi connectivity index (χ4n) is 2.19. The minimum Gasteiger partial charge on any atom is -0.497 e. The Labute approximate surface area is 152 Å². The number of carbonyl (C=O) groups is 1. The van der Waals surface area contributed by atoms with Crippen molar-refractivity contribution in [2.45, 2.75) is 6.92 Å². The highest BCUT2D eigenvalue weighted by Gasteiger charge is 2.18. The molecule has 0 amide bonds. The number of aromatic nitrogens is 1. The van der Waals surface area contributed by atoms with E-state index in [1.165, 1.54) is 30.4 Å². The summed E-state index contributed by atoms with van der Waals surface area (Å²) in [7, 11) is 1.59. The summed E-state index contributed by atoms with van der Waals surface area (Å²) in [5.41, 5.74) is 1.70. The third-order valence-corrected chi connectivity index (χ3v) is 4.65. The summed E-state index contributed by atoms with van der Waals surface area (Å²) in [6.45, 7) is 1.30. The van der Waals surface area contributed by atoms with Crippen LogP contribution < -0.4 is 9.47 Å². The lowest BCUT2D eigenvalue weighted by Crippen LogP contribution is -2.00. The molecule has 3 rings (SSSR count). The molecule has 7 heteroatoms. The number of ether oxygens (including phenoxy) is 2. The average molecular weight is 378 g/mol. The summed E-state index contributed by atoms with van der Waals surface area (Å²) in [6.07, 6.45) is 0. The second-order valence-electron chi connectivity index (χ2n) is 5.11. The Balaban J connectivity index is 2.07. The topological polar surface area (TPSA) is 48.4 Å². The van der Waals surface area contributed by atoms with Gasteiger partial charge in [0.05, 0.1) is 12.1 Å². The summed E-state index contributed by atoms with van der Waals surface area (Å²) in [5.74, 6) is -0.312. The van der Waals surface area contributed by atoms with Crippen molar-refractivity contribution in [1.29, 1.82) is 0 Å².